The van der Waals surface area contributed by atoms with Crippen LogP contribution < -0.4 is 5.32 Å². The van der Waals surface area contributed by atoms with Crippen molar-refractivity contribution >= 4 is 15.9 Å². The van der Waals surface area contributed by atoms with Gasteiger partial charge >= 0.3 is 0 Å². The minimum absolute atomic E-state index is 0.217. The van der Waals surface area contributed by atoms with Crippen molar-refractivity contribution in [3.8, 4) is 0 Å². The second-order valence-electron chi connectivity index (χ2n) is 5.71. The molecule has 1 atom stereocenters. The van der Waals surface area contributed by atoms with Crippen LogP contribution in [-0.4, -0.2) is 40.4 Å². The smallest absolute Gasteiger partial charge is 0.0711 e. The van der Waals surface area contributed by atoms with Crippen molar-refractivity contribution in [2.24, 2.45) is 7.05 Å². The minimum Gasteiger partial charge on any atom is -0.310 e. The van der Waals surface area contributed by atoms with E-state index in [1.54, 1.807) is 0 Å². The van der Waals surface area contributed by atoms with E-state index >= 15 is 0 Å². The number of rotatable bonds is 6. The van der Waals surface area contributed by atoms with Crippen LogP contribution in [0.4, 0.5) is 0 Å². The lowest BCUT2D eigenvalue weighted by molar-refractivity contribution is 0.0623. The molecular formula is C15H27BrN4. The molecule has 20 heavy (non-hydrogen) atoms. The van der Waals surface area contributed by atoms with E-state index in [4.69, 9.17) is 0 Å². The molecule has 5 heteroatoms. The van der Waals surface area contributed by atoms with Crippen molar-refractivity contribution in [1.82, 2.24) is 20.0 Å². The first kappa shape index (κ1) is 16.0. The highest BCUT2D eigenvalue weighted by Gasteiger charge is 2.46. The molecule has 1 N–H and O–H groups in total. The van der Waals surface area contributed by atoms with Gasteiger partial charge in [0.25, 0.3) is 0 Å². The number of aryl methyl sites for hydroxylation is 1. The van der Waals surface area contributed by atoms with Crippen molar-refractivity contribution in [1.29, 1.82) is 0 Å². The summed E-state index contributed by atoms with van der Waals surface area (Å²) in [7, 11) is 4.11. The third-order valence-electron chi connectivity index (χ3n) is 4.90. The van der Waals surface area contributed by atoms with E-state index in [1.165, 1.54) is 31.4 Å². The molecule has 0 radical (unpaired) electrons. The largest absolute Gasteiger partial charge is 0.310 e. The minimum atomic E-state index is 0.217. The van der Waals surface area contributed by atoms with E-state index < -0.39 is 0 Å². The third kappa shape index (κ3) is 2.55. The number of halogens is 1. The summed E-state index contributed by atoms with van der Waals surface area (Å²) in [6, 6.07) is 0.312. The van der Waals surface area contributed by atoms with Crippen LogP contribution in [0.1, 0.15) is 51.3 Å². The quantitative estimate of drug-likeness (QED) is 0.862. The van der Waals surface area contributed by atoms with Gasteiger partial charge in [-0.2, -0.15) is 5.10 Å². The molecule has 0 aromatic carbocycles. The lowest BCUT2D eigenvalue weighted by atomic mass is 9.84. The zero-order chi connectivity index (χ0) is 14.8. The highest BCUT2D eigenvalue weighted by molar-refractivity contribution is 9.10. The monoisotopic (exact) mass is 342 g/mol. The third-order valence-corrected chi connectivity index (χ3v) is 5.51. The fourth-order valence-electron chi connectivity index (χ4n) is 4.03. The lowest BCUT2D eigenvalue weighted by Gasteiger charge is -2.46. The number of likely N-dealkylation sites (N-methyl/N-ethyl adjacent to an activating group) is 2. The summed E-state index contributed by atoms with van der Waals surface area (Å²) in [4.78, 5) is 2.64. The molecule has 114 valence electrons. The van der Waals surface area contributed by atoms with Crippen molar-refractivity contribution in [3.05, 3.63) is 16.4 Å². The van der Waals surface area contributed by atoms with Crippen LogP contribution >= 0.6 is 15.9 Å². The van der Waals surface area contributed by atoms with E-state index in [0.717, 1.165) is 17.6 Å². The zero-order valence-electron chi connectivity index (χ0n) is 13.1. The van der Waals surface area contributed by atoms with Gasteiger partial charge in [0.15, 0.2) is 0 Å². The van der Waals surface area contributed by atoms with Crippen LogP contribution in [0.25, 0.3) is 0 Å². The molecule has 4 nitrogen and oxygen atoms in total. The molecule has 1 saturated carbocycles. The summed E-state index contributed by atoms with van der Waals surface area (Å²) in [5.41, 5.74) is 1.48. The normalized spacial score (nSPS) is 19.7. The van der Waals surface area contributed by atoms with E-state index in [2.05, 4.69) is 52.1 Å². The maximum atomic E-state index is 4.41. The van der Waals surface area contributed by atoms with Gasteiger partial charge in [-0.3, -0.25) is 9.58 Å². The predicted molar refractivity (Wildman–Crippen MR) is 86.8 cm³/mol. The summed E-state index contributed by atoms with van der Waals surface area (Å²) in [5.74, 6) is 0. The maximum Gasteiger partial charge on any atom is 0.0711 e. The average Bonchev–Trinajstić information content (AvgIpc) is 3.04. The van der Waals surface area contributed by atoms with Crippen LogP contribution in [-0.2, 0) is 7.05 Å². The topological polar surface area (TPSA) is 33.1 Å². The summed E-state index contributed by atoms with van der Waals surface area (Å²) in [6.07, 6.45) is 7.08. The van der Waals surface area contributed by atoms with Crippen LogP contribution in [0.5, 0.6) is 0 Å². The molecule has 0 saturated heterocycles. The first-order valence-corrected chi connectivity index (χ1v) is 8.49. The van der Waals surface area contributed by atoms with E-state index in [9.17, 15) is 0 Å². The molecule has 0 spiro atoms. The molecule has 1 heterocycles. The van der Waals surface area contributed by atoms with Crippen LogP contribution in [0.2, 0.25) is 0 Å². The lowest BCUT2D eigenvalue weighted by Crippen LogP contribution is -2.55. The molecule has 0 aliphatic heterocycles. The van der Waals surface area contributed by atoms with Gasteiger partial charge in [0.05, 0.1) is 22.4 Å². The van der Waals surface area contributed by atoms with Crippen molar-refractivity contribution in [3.63, 3.8) is 0 Å². The molecule has 1 fully saturated rings. The van der Waals surface area contributed by atoms with E-state index in [1.807, 2.05) is 17.9 Å². The molecular weight excluding hydrogens is 316 g/mol. The van der Waals surface area contributed by atoms with Crippen molar-refractivity contribution in [2.45, 2.75) is 51.1 Å². The Bertz CT molecular complexity index is 414. The van der Waals surface area contributed by atoms with Gasteiger partial charge in [-0.25, -0.2) is 0 Å². The number of nitrogens with zero attached hydrogens (tertiary/aromatic N) is 3. The maximum absolute atomic E-state index is 4.41. The predicted octanol–water partition coefficient (Wildman–Crippen LogP) is 3.10. The summed E-state index contributed by atoms with van der Waals surface area (Å²) < 4.78 is 3.12. The second-order valence-corrected chi connectivity index (χ2v) is 6.56. The molecule has 1 aromatic rings. The number of hydrogen-bond donors (Lipinski definition) is 1. The fourth-order valence-corrected chi connectivity index (χ4v) is 4.61. The standard InChI is InChI=1S/C15H27BrN4/c1-5-20(6-2)15(9-7-8-10-15)14(17-3)13-12(16)11-18-19(13)4/h11,14,17H,5-10H2,1-4H3. The Morgan fingerprint density at radius 2 is 2.00 bits per heavy atom. The van der Waals surface area contributed by atoms with Crippen molar-refractivity contribution < 1.29 is 0 Å². The van der Waals surface area contributed by atoms with Gasteiger partial charge in [-0.1, -0.05) is 26.7 Å². The highest BCUT2D eigenvalue weighted by Crippen LogP contribution is 2.45. The SMILES string of the molecule is CCN(CC)C1(C(NC)c2c(Br)cnn2C)CCCC1. The zero-order valence-corrected chi connectivity index (χ0v) is 14.7. The molecule has 0 bridgehead atoms. The molecule has 1 unspecified atom stereocenters. The molecule has 0 amide bonds. The first-order valence-electron chi connectivity index (χ1n) is 7.70. The Kier molecular flexibility index (Phi) is 5.26. The average molecular weight is 343 g/mol. The number of hydrogen-bond acceptors (Lipinski definition) is 3. The molecule has 1 aliphatic carbocycles. The van der Waals surface area contributed by atoms with E-state index in [-0.39, 0.29) is 5.54 Å². The Morgan fingerprint density at radius 3 is 2.40 bits per heavy atom. The molecule has 1 aliphatic rings. The van der Waals surface area contributed by atoms with Crippen LogP contribution in [0.15, 0.2) is 10.7 Å². The van der Waals surface area contributed by atoms with Gasteiger partial charge in [0, 0.05) is 12.6 Å². The van der Waals surface area contributed by atoms with Gasteiger partial charge in [-0.05, 0) is 48.9 Å². The van der Waals surface area contributed by atoms with Crippen LogP contribution in [0.3, 0.4) is 0 Å². The van der Waals surface area contributed by atoms with Gasteiger partial charge in [0.1, 0.15) is 0 Å². The first-order chi connectivity index (χ1) is 9.60. The van der Waals surface area contributed by atoms with Crippen molar-refractivity contribution in [2.75, 3.05) is 20.1 Å². The van der Waals surface area contributed by atoms with Gasteiger partial charge in [-0.15, -0.1) is 0 Å². The van der Waals surface area contributed by atoms with Gasteiger partial charge < -0.3 is 5.32 Å². The Hall–Kier alpha value is -0.390. The summed E-state index contributed by atoms with van der Waals surface area (Å²) in [5, 5.41) is 8.00. The highest BCUT2D eigenvalue weighted by atomic mass is 79.9. The Labute approximate surface area is 131 Å². The fraction of sp³-hybridized carbons (Fsp3) is 0.800. The molecule has 2 rings (SSSR count). The summed E-state index contributed by atoms with van der Waals surface area (Å²) in [6.45, 7) is 6.75. The number of nitrogens with one attached hydrogen (secondary N) is 1. The van der Waals surface area contributed by atoms with Gasteiger partial charge in [0.2, 0.25) is 0 Å². The van der Waals surface area contributed by atoms with E-state index in [0.29, 0.717) is 6.04 Å². The number of aromatic nitrogens is 2. The second kappa shape index (κ2) is 6.58. The Morgan fingerprint density at radius 1 is 1.40 bits per heavy atom. The Balaban J connectivity index is 2.46. The summed E-state index contributed by atoms with van der Waals surface area (Å²) >= 11 is 3.68. The van der Waals surface area contributed by atoms with Crippen LogP contribution in [0, 0.1) is 0 Å². The molecule has 1 aromatic heterocycles.